The van der Waals surface area contributed by atoms with Gasteiger partial charge >= 0.3 is 200 Å². The summed E-state index contributed by atoms with van der Waals surface area (Å²) >= 11 is 0.0806. The molecular formula is C27H36N2O2Se. The number of rotatable bonds is 10. The predicted octanol–water partition coefficient (Wildman–Crippen LogP) is 4.47. The number of amides is 2. The maximum absolute atomic E-state index is 13.7. The second-order valence-electron chi connectivity index (χ2n) is 8.68. The van der Waals surface area contributed by atoms with Crippen LogP contribution in [0, 0.1) is 0 Å². The maximum atomic E-state index is 13.7. The zero-order valence-corrected chi connectivity index (χ0v) is 21.0. The molecule has 32 heavy (non-hydrogen) atoms. The quantitative estimate of drug-likeness (QED) is 0.491. The van der Waals surface area contributed by atoms with Gasteiger partial charge in [-0.1, -0.05) is 0 Å². The normalized spacial score (nSPS) is 16.2. The number of hydrogen-bond donors (Lipinski definition) is 1. The van der Waals surface area contributed by atoms with E-state index in [2.05, 4.69) is 24.4 Å². The summed E-state index contributed by atoms with van der Waals surface area (Å²) in [5.41, 5.74) is 1.06. The van der Waals surface area contributed by atoms with Crippen LogP contribution in [0.1, 0.15) is 64.4 Å². The van der Waals surface area contributed by atoms with Crippen molar-refractivity contribution >= 4 is 31.2 Å². The van der Waals surface area contributed by atoms with E-state index >= 15 is 0 Å². The molecule has 2 aromatic rings. The molecule has 0 bridgehead atoms. The van der Waals surface area contributed by atoms with E-state index in [-0.39, 0.29) is 37.6 Å². The average molecular weight is 500 g/mol. The van der Waals surface area contributed by atoms with Gasteiger partial charge in [0.05, 0.1) is 0 Å². The van der Waals surface area contributed by atoms with Crippen LogP contribution in [0.25, 0.3) is 0 Å². The van der Waals surface area contributed by atoms with Crippen molar-refractivity contribution in [2.75, 3.05) is 0 Å². The van der Waals surface area contributed by atoms with Crippen LogP contribution in [0.2, 0.25) is 4.82 Å². The number of carbonyl (C=O) groups excluding carboxylic acids is 2. The van der Waals surface area contributed by atoms with Crippen LogP contribution < -0.4 is 9.78 Å². The average Bonchev–Trinajstić information content (AvgIpc) is 2.81. The molecule has 1 fully saturated rings. The molecule has 2 aromatic carbocycles. The third-order valence-electron chi connectivity index (χ3n) is 6.05. The van der Waals surface area contributed by atoms with Crippen LogP contribution >= 0.6 is 0 Å². The summed E-state index contributed by atoms with van der Waals surface area (Å²) in [6.07, 6.45) is 6.91. The molecule has 1 aliphatic rings. The SMILES string of the molecule is CCCC(=O)N(Cc1ccccc1)C(C(=O)NC1CCCCC1)[C@H](C)[Se]c1ccccc1. The summed E-state index contributed by atoms with van der Waals surface area (Å²) in [6, 6.07) is 20.2. The summed E-state index contributed by atoms with van der Waals surface area (Å²) in [5, 5.41) is 3.33. The van der Waals surface area contributed by atoms with Crippen molar-refractivity contribution in [2.45, 2.75) is 82.2 Å². The molecule has 172 valence electrons. The molecule has 1 aliphatic carbocycles. The van der Waals surface area contributed by atoms with Crippen LogP contribution in [-0.2, 0) is 16.1 Å². The third-order valence-corrected chi connectivity index (χ3v) is 8.51. The van der Waals surface area contributed by atoms with E-state index in [0.29, 0.717) is 13.0 Å². The molecule has 4 nitrogen and oxygen atoms in total. The van der Waals surface area contributed by atoms with Crippen LogP contribution in [0.15, 0.2) is 60.7 Å². The Hall–Kier alpha value is -2.10. The molecule has 1 N–H and O–H groups in total. The number of benzene rings is 2. The zero-order valence-electron chi connectivity index (χ0n) is 19.3. The van der Waals surface area contributed by atoms with E-state index in [1.54, 1.807) is 0 Å². The third kappa shape index (κ3) is 7.21. The Balaban J connectivity index is 1.87. The van der Waals surface area contributed by atoms with Crippen molar-refractivity contribution in [2.24, 2.45) is 0 Å². The summed E-state index contributed by atoms with van der Waals surface area (Å²) in [6.45, 7) is 4.63. The van der Waals surface area contributed by atoms with Crippen molar-refractivity contribution in [1.29, 1.82) is 0 Å². The fraction of sp³-hybridized carbons (Fsp3) is 0.481. The molecule has 0 heterocycles. The van der Waals surface area contributed by atoms with Gasteiger partial charge in [0.25, 0.3) is 0 Å². The van der Waals surface area contributed by atoms with Crippen molar-refractivity contribution in [3.05, 3.63) is 66.2 Å². The van der Waals surface area contributed by atoms with Gasteiger partial charge in [0.2, 0.25) is 0 Å². The van der Waals surface area contributed by atoms with E-state index in [9.17, 15) is 9.59 Å². The molecule has 0 aromatic heterocycles. The Morgan fingerprint density at radius 1 is 1.00 bits per heavy atom. The molecule has 1 saturated carbocycles. The molecule has 2 amide bonds. The van der Waals surface area contributed by atoms with Gasteiger partial charge in [0.1, 0.15) is 0 Å². The van der Waals surface area contributed by atoms with Crippen molar-refractivity contribution in [3.8, 4) is 0 Å². The topological polar surface area (TPSA) is 49.4 Å². The molecule has 0 spiro atoms. The Morgan fingerprint density at radius 2 is 1.62 bits per heavy atom. The van der Waals surface area contributed by atoms with Crippen LogP contribution in [-0.4, -0.2) is 43.8 Å². The minimum atomic E-state index is -0.462. The Labute approximate surface area is 199 Å². The van der Waals surface area contributed by atoms with Crippen LogP contribution in [0.3, 0.4) is 0 Å². The minimum absolute atomic E-state index is 0.0163. The van der Waals surface area contributed by atoms with E-state index in [0.717, 1.165) is 24.8 Å². The van der Waals surface area contributed by atoms with Gasteiger partial charge in [-0.15, -0.1) is 0 Å². The van der Waals surface area contributed by atoms with Crippen molar-refractivity contribution in [3.63, 3.8) is 0 Å². The van der Waals surface area contributed by atoms with Crippen molar-refractivity contribution < 1.29 is 9.59 Å². The molecule has 2 atom stereocenters. The van der Waals surface area contributed by atoms with Gasteiger partial charge in [0, 0.05) is 0 Å². The standard InChI is InChI=1S/C27H36N2O2Se/c1-3-13-25(30)29(20-22-14-7-4-8-15-22)26(21(2)32-24-18-11-6-12-19-24)27(31)28-23-16-9-5-10-17-23/h4,6-8,11-12,14-15,18-19,21,23,26H,3,5,9-10,13,16-17,20H2,1-2H3,(H,28,31)/t21-,26?/m0/s1. The fourth-order valence-corrected chi connectivity index (χ4v) is 6.80. The molecule has 5 heteroatoms. The number of carbonyl (C=O) groups is 2. The predicted molar refractivity (Wildman–Crippen MR) is 132 cm³/mol. The molecule has 0 saturated heterocycles. The van der Waals surface area contributed by atoms with Crippen LogP contribution in [0.5, 0.6) is 0 Å². The summed E-state index contributed by atoms with van der Waals surface area (Å²) < 4.78 is 1.26. The van der Waals surface area contributed by atoms with Gasteiger partial charge < -0.3 is 0 Å². The Morgan fingerprint density at radius 3 is 2.25 bits per heavy atom. The molecule has 3 rings (SSSR count). The van der Waals surface area contributed by atoms with E-state index in [1.165, 1.54) is 23.7 Å². The van der Waals surface area contributed by atoms with Crippen LogP contribution in [0.4, 0.5) is 0 Å². The van der Waals surface area contributed by atoms with Gasteiger partial charge in [-0.2, -0.15) is 0 Å². The van der Waals surface area contributed by atoms with E-state index in [1.807, 2.05) is 60.4 Å². The fourth-order valence-electron chi connectivity index (χ4n) is 4.40. The molecule has 1 unspecified atom stereocenters. The second-order valence-corrected chi connectivity index (χ2v) is 11.7. The summed E-state index contributed by atoms with van der Waals surface area (Å²) in [5.74, 6) is 0.0819. The first-order chi connectivity index (χ1) is 15.6. The number of nitrogens with zero attached hydrogens (tertiary/aromatic N) is 1. The first-order valence-corrected chi connectivity index (χ1v) is 13.8. The second kappa shape index (κ2) is 12.8. The summed E-state index contributed by atoms with van der Waals surface area (Å²) in [4.78, 5) is 28.9. The van der Waals surface area contributed by atoms with Gasteiger partial charge in [-0.05, 0) is 0 Å². The van der Waals surface area contributed by atoms with Gasteiger partial charge in [-0.3, -0.25) is 0 Å². The monoisotopic (exact) mass is 500 g/mol. The zero-order chi connectivity index (χ0) is 22.8. The first kappa shape index (κ1) is 24.5. The molecule has 0 aliphatic heterocycles. The first-order valence-electron chi connectivity index (χ1n) is 11.9. The molecule has 0 radical (unpaired) electrons. The molecular weight excluding hydrogens is 463 g/mol. The van der Waals surface area contributed by atoms with E-state index < -0.39 is 6.04 Å². The van der Waals surface area contributed by atoms with Gasteiger partial charge in [0.15, 0.2) is 0 Å². The number of hydrogen-bond acceptors (Lipinski definition) is 2. The van der Waals surface area contributed by atoms with Gasteiger partial charge in [-0.25, -0.2) is 0 Å². The Bertz CT molecular complexity index is 837. The summed E-state index contributed by atoms with van der Waals surface area (Å²) in [7, 11) is 0. The number of nitrogens with one attached hydrogen (secondary N) is 1. The van der Waals surface area contributed by atoms with E-state index in [4.69, 9.17) is 0 Å². The van der Waals surface area contributed by atoms with Crippen molar-refractivity contribution in [1.82, 2.24) is 10.2 Å². The Kier molecular flexibility index (Phi) is 9.83.